The molecule has 0 saturated heterocycles. The molecule has 0 aliphatic carbocycles. The van der Waals surface area contributed by atoms with Crippen molar-refractivity contribution in [1.29, 1.82) is 0 Å². The van der Waals surface area contributed by atoms with Crippen LogP contribution in [0.3, 0.4) is 0 Å². The highest BCUT2D eigenvalue weighted by molar-refractivity contribution is 6.69. The summed E-state index contributed by atoms with van der Waals surface area (Å²) < 4.78 is 6.09. The van der Waals surface area contributed by atoms with E-state index in [0.717, 1.165) is 5.56 Å². The van der Waals surface area contributed by atoms with Crippen LogP contribution < -0.4 is 5.32 Å². The molecule has 1 aromatic rings. The van der Waals surface area contributed by atoms with Crippen LogP contribution in [0.2, 0.25) is 19.6 Å². The summed E-state index contributed by atoms with van der Waals surface area (Å²) in [5.74, 6) is -1.49. The number of carboxylic acid groups (broad SMARTS) is 1. The highest BCUT2D eigenvalue weighted by Gasteiger charge is 2.25. The van der Waals surface area contributed by atoms with Crippen molar-refractivity contribution in [2.75, 3.05) is 6.54 Å². The SMILES string of the molecule is CC(=O)NCC(CCC(C(=O)O)c1ccccc1)O[Si](C)(C)C. The normalized spacial score (nSPS) is 14.1. The number of carbonyl (C=O) groups excluding carboxylic acids is 1. The number of hydrogen-bond donors (Lipinski definition) is 2. The van der Waals surface area contributed by atoms with Crippen molar-refractivity contribution in [2.45, 2.75) is 51.4 Å². The van der Waals surface area contributed by atoms with Gasteiger partial charge in [-0.1, -0.05) is 30.3 Å². The number of benzene rings is 1. The van der Waals surface area contributed by atoms with Crippen molar-refractivity contribution in [3.8, 4) is 0 Å². The molecule has 0 fully saturated rings. The monoisotopic (exact) mass is 337 g/mol. The zero-order valence-electron chi connectivity index (χ0n) is 14.3. The van der Waals surface area contributed by atoms with Gasteiger partial charge in [-0.3, -0.25) is 9.59 Å². The fourth-order valence-electron chi connectivity index (χ4n) is 2.43. The number of carbonyl (C=O) groups is 2. The third-order valence-electron chi connectivity index (χ3n) is 3.38. The summed E-state index contributed by atoms with van der Waals surface area (Å²) in [4.78, 5) is 22.7. The van der Waals surface area contributed by atoms with Gasteiger partial charge < -0.3 is 14.8 Å². The van der Waals surface area contributed by atoms with Crippen LogP contribution in [0.15, 0.2) is 30.3 Å². The first-order chi connectivity index (χ1) is 10.7. The van der Waals surface area contributed by atoms with Crippen LogP contribution in [0.1, 0.15) is 31.2 Å². The Bertz CT molecular complexity index is 513. The summed E-state index contributed by atoms with van der Waals surface area (Å²) in [5.41, 5.74) is 0.797. The molecular weight excluding hydrogens is 310 g/mol. The van der Waals surface area contributed by atoms with Gasteiger partial charge in [0.1, 0.15) is 0 Å². The Morgan fingerprint density at radius 3 is 2.26 bits per heavy atom. The summed E-state index contributed by atoms with van der Waals surface area (Å²) in [5, 5.41) is 12.3. The van der Waals surface area contributed by atoms with Gasteiger partial charge in [0, 0.05) is 13.5 Å². The average Bonchev–Trinajstić information content (AvgIpc) is 2.44. The van der Waals surface area contributed by atoms with Crippen LogP contribution in [-0.2, 0) is 14.0 Å². The largest absolute Gasteiger partial charge is 0.481 e. The van der Waals surface area contributed by atoms with Crippen molar-refractivity contribution in [3.05, 3.63) is 35.9 Å². The molecule has 2 unspecified atom stereocenters. The van der Waals surface area contributed by atoms with Crippen LogP contribution in [0, 0.1) is 0 Å². The fourth-order valence-corrected chi connectivity index (χ4v) is 3.63. The second kappa shape index (κ2) is 8.84. The highest BCUT2D eigenvalue weighted by Crippen LogP contribution is 2.24. The van der Waals surface area contributed by atoms with Crippen molar-refractivity contribution in [3.63, 3.8) is 0 Å². The molecule has 0 spiro atoms. The lowest BCUT2D eigenvalue weighted by molar-refractivity contribution is -0.139. The highest BCUT2D eigenvalue weighted by atomic mass is 28.4. The van der Waals surface area contributed by atoms with Crippen molar-refractivity contribution < 1.29 is 19.1 Å². The molecule has 0 saturated carbocycles. The Hall–Kier alpha value is -1.66. The van der Waals surface area contributed by atoms with E-state index in [1.165, 1.54) is 6.92 Å². The van der Waals surface area contributed by atoms with E-state index in [0.29, 0.717) is 19.4 Å². The lowest BCUT2D eigenvalue weighted by Crippen LogP contribution is -2.39. The molecule has 128 valence electrons. The smallest absolute Gasteiger partial charge is 0.310 e. The van der Waals surface area contributed by atoms with Crippen molar-refractivity contribution in [2.24, 2.45) is 0 Å². The number of aliphatic carboxylic acids is 1. The first-order valence-electron chi connectivity index (χ1n) is 7.89. The van der Waals surface area contributed by atoms with E-state index in [1.54, 1.807) is 0 Å². The number of carboxylic acids is 1. The second-order valence-electron chi connectivity index (χ2n) is 6.67. The molecule has 0 aliphatic rings. The molecule has 0 aliphatic heterocycles. The molecular formula is C17H27NO4Si. The minimum atomic E-state index is -1.77. The fraction of sp³-hybridized carbons (Fsp3) is 0.529. The Kier molecular flexibility index (Phi) is 7.45. The zero-order valence-corrected chi connectivity index (χ0v) is 15.3. The number of amides is 1. The molecule has 0 radical (unpaired) electrons. The minimum Gasteiger partial charge on any atom is -0.481 e. The summed E-state index contributed by atoms with van der Waals surface area (Å²) in [6.45, 7) is 8.13. The van der Waals surface area contributed by atoms with Gasteiger partial charge in [-0.2, -0.15) is 0 Å². The molecule has 2 atom stereocenters. The lowest BCUT2D eigenvalue weighted by Gasteiger charge is -2.27. The standard InChI is InChI=1S/C17H27NO4Si/c1-13(19)18-12-15(22-23(2,3)4)10-11-16(17(20)21)14-8-6-5-7-9-14/h5-9,15-16H,10-12H2,1-4H3,(H,18,19)(H,20,21). The van der Waals surface area contributed by atoms with E-state index in [1.807, 2.05) is 30.3 Å². The second-order valence-corrected chi connectivity index (χ2v) is 11.1. The van der Waals surface area contributed by atoms with Gasteiger partial charge in [-0.25, -0.2) is 0 Å². The predicted octanol–water partition coefficient (Wildman–Crippen LogP) is 2.99. The van der Waals surface area contributed by atoms with E-state index in [9.17, 15) is 14.7 Å². The summed E-state index contributed by atoms with van der Waals surface area (Å²) in [7, 11) is -1.77. The first-order valence-corrected chi connectivity index (χ1v) is 11.3. The average molecular weight is 337 g/mol. The van der Waals surface area contributed by atoms with Crippen LogP contribution >= 0.6 is 0 Å². The molecule has 2 N–H and O–H groups in total. The molecule has 1 rings (SSSR count). The Morgan fingerprint density at radius 1 is 1.17 bits per heavy atom. The van der Waals surface area contributed by atoms with Crippen LogP contribution in [0.5, 0.6) is 0 Å². The number of rotatable bonds is 9. The Labute approximate surface area is 139 Å². The maximum atomic E-state index is 11.6. The van der Waals surface area contributed by atoms with Gasteiger partial charge in [0.2, 0.25) is 5.91 Å². The molecule has 1 aromatic carbocycles. The van der Waals surface area contributed by atoms with E-state index in [-0.39, 0.29) is 12.0 Å². The van der Waals surface area contributed by atoms with Gasteiger partial charge in [-0.15, -0.1) is 0 Å². The molecule has 0 heterocycles. The van der Waals surface area contributed by atoms with Crippen LogP contribution in [-0.4, -0.2) is 37.9 Å². The van der Waals surface area contributed by atoms with E-state index in [2.05, 4.69) is 25.0 Å². The van der Waals surface area contributed by atoms with E-state index < -0.39 is 20.2 Å². The van der Waals surface area contributed by atoms with E-state index in [4.69, 9.17) is 4.43 Å². The molecule has 1 amide bonds. The molecule has 6 heteroatoms. The minimum absolute atomic E-state index is 0.105. The van der Waals surface area contributed by atoms with Gasteiger partial charge in [0.15, 0.2) is 8.32 Å². The summed E-state index contributed by atoms with van der Waals surface area (Å²) >= 11 is 0. The van der Waals surface area contributed by atoms with Crippen LogP contribution in [0.4, 0.5) is 0 Å². The lowest BCUT2D eigenvalue weighted by atomic mass is 9.93. The molecule has 23 heavy (non-hydrogen) atoms. The molecule has 0 bridgehead atoms. The van der Waals surface area contributed by atoms with Crippen molar-refractivity contribution >= 4 is 20.2 Å². The summed E-state index contributed by atoms with van der Waals surface area (Å²) in [6, 6.07) is 9.23. The number of hydrogen-bond acceptors (Lipinski definition) is 3. The van der Waals surface area contributed by atoms with Gasteiger partial charge in [0.05, 0.1) is 12.0 Å². The molecule has 0 aromatic heterocycles. The topological polar surface area (TPSA) is 75.6 Å². The van der Waals surface area contributed by atoms with Crippen LogP contribution in [0.25, 0.3) is 0 Å². The maximum Gasteiger partial charge on any atom is 0.310 e. The zero-order chi connectivity index (χ0) is 17.5. The van der Waals surface area contributed by atoms with E-state index >= 15 is 0 Å². The summed E-state index contributed by atoms with van der Waals surface area (Å²) in [6.07, 6.45) is 0.918. The molecule has 5 nitrogen and oxygen atoms in total. The third kappa shape index (κ3) is 7.95. The van der Waals surface area contributed by atoms with Gasteiger partial charge in [0.25, 0.3) is 0 Å². The maximum absolute atomic E-state index is 11.6. The Balaban J connectivity index is 2.73. The first kappa shape index (κ1) is 19.4. The predicted molar refractivity (Wildman–Crippen MR) is 93.0 cm³/mol. The van der Waals surface area contributed by atoms with Crippen molar-refractivity contribution in [1.82, 2.24) is 5.32 Å². The quantitative estimate of drug-likeness (QED) is 0.679. The van der Waals surface area contributed by atoms with Gasteiger partial charge >= 0.3 is 5.97 Å². The van der Waals surface area contributed by atoms with Gasteiger partial charge in [-0.05, 0) is 38.0 Å². The third-order valence-corrected chi connectivity index (χ3v) is 4.42. The number of nitrogens with one attached hydrogen (secondary N) is 1. The Morgan fingerprint density at radius 2 is 1.78 bits per heavy atom.